The van der Waals surface area contributed by atoms with Crippen LogP contribution in [0.15, 0.2) is 42.5 Å². The standard InChI is InChI=1S/C17H24N2/c1-14(2)19-11-5-10-18-13-15-8-9-16-6-3-4-7-17(16)12-15/h3-4,6-9,12,14,18-19H,5,10-11,13H2,1-2H3. The molecule has 0 fully saturated rings. The Hall–Kier alpha value is -1.38. The van der Waals surface area contributed by atoms with Gasteiger partial charge in [-0.05, 0) is 41.9 Å². The third-order valence-corrected chi connectivity index (χ3v) is 3.23. The van der Waals surface area contributed by atoms with E-state index in [1.165, 1.54) is 22.8 Å². The van der Waals surface area contributed by atoms with Crippen molar-refractivity contribution in [3.05, 3.63) is 48.0 Å². The summed E-state index contributed by atoms with van der Waals surface area (Å²) in [6.07, 6.45) is 1.17. The molecule has 0 amide bonds. The van der Waals surface area contributed by atoms with Crippen LogP contribution < -0.4 is 10.6 Å². The predicted octanol–water partition coefficient (Wildman–Crippen LogP) is 3.32. The third kappa shape index (κ3) is 4.66. The zero-order valence-corrected chi connectivity index (χ0v) is 11.9. The first-order valence-electron chi connectivity index (χ1n) is 7.17. The SMILES string of the molecule is CC(C)NCCCNCc1ccc2ccccc2c1. The van der Waals surface area contributed by atoms with E-state index in [0.29, 0.717) is 6.04 Å². The Morgan fingerprint density at radius 3 is 2.53 bits per heavy atom. The van der Waals surface area contributed by atoms with Crippen molar-refractivity contribution in [1.29, 1.82) is 0 Å². The van der Waals surface area contributed by atoms with Gasteiger partial charge in [-0.25, -0.2) is 0 Å². The number of fused-ring (bicyclic) bond motifs is 1. The molecule has 0 aliphatic heterocycles. The summed E-state index contributed by atoms with van der Waals surface area (Å²) >= 11 is 0. The van der Waals surface area contributed by atoms with Gasteiger partial charge in [0.1, 0.15) is 0 Å². The molecule has 0 saturated carbocycles. The highest BCUT2D eigenvalue weighted by molar-refractivity contribution is 5.82. The van der Waals surface area contributed by atoms with E-state index in [9.17, 15) is 0 Å². The van der Waals surface area contributed by atoms with Gasteiger partial charge in [0.25, 0.3) is 0 Å². The van der Waals surface area contributed by atoms with Gasteiger partial charge in [0, 0.05) is 12.6 Å². The average Bonchev–Trinajstić information content (AvgIpc) is 2.42. The second-order valence-electron chi connectivity index (χ2n) is 5.32. The maximum Gasteiger partial charge on any atom is 0.0205 e. The van der Waals surface area contributed by atoms with Crippen LogP contribution in [0.25, 0.3) is 10.8 Å². The van der Waals surface area contributed by atoms with Crippen molar-refractivity contribution in [2.45, 2.75) is 32.9 Å². The van der Waals surface area contributed by atoms with Crippen molar-refractivity contribution in [3.63, 3.8) is 0 Å². The van der Waals surface area contributed by atoms with Gasteiger partial charge in [0.05, 0.1) is 0 Å². The molecule has 0 radical (unpaired) electrons. The number of nitrogens with one attached hydrogen (secondary N) is 2. The molecular formula is C17H24N2. The molecule has 2 rings (SSSR count). The molecule has 0 atom stereocenters. The quantitative estimate of drug-likeness (QED) is 0.743. The molecule has 2 heteroatoms. The largest absolute Gasteiger partial charge is 0.314 e. The van der Waals surface area contributed by atoms with Crippen molar-refractivity contribution in [2.24, 2.45) is 0 Å². The summed E-state index contributed by atoms with van der Waals surface area (Å²) in [6, 6.07) is 15.8. The molecule has 2 aromatic rings. The number of rotatable bonds is 7. The predicted molar refractivity (Wildman–Crippen MR) is 83.4 cm³/mol. The fourth-order valence-corrected chi connectivity index (χ4v) is 2.19. The number of hydrogen-bond acceptors (Lipinski definition) is 2. The lowest BCUT2D eigenvalue weighted by molar-refractivity contribution is 0.547. The van der Waals surface area contributed by atoms with E-state index in [-0.39, 0.29) is 0 Å². The second-order valence-corrected chi connectivity index (χ2v) is 5.32. The Labute approximate surface area is 116 Å². The van der Waals surface area contributed by atoms with Crippen LogP contribution in [0.5, 0.6) is 0 Å². The molecule has 102 valence electrons. The summed E-state index contributed by atoms with van der Waals surface area (Å²) in [4.78, 5) is 0. The van der Waals surface area contributed by atoms with Gasteiger partial charge in [0.15, 0.2) is 0 Å². The average molecular weight is 256 g/mol. The molecule has 0 spiro atoms. The molecule has 0 aromatic heterocycles. The van der Waals surface area contributed by atoms with Crippen molar-refractivity contribution in [2.75, 3.05) is 13.1 Å². The van der Waals surface area contributed by atoms with Crippen LogP contribution in [0.4, 0.5) is 0 Å². The summed E-state index contributed by atoms with van der Waals surface area (Å²) in [7, 11) is 0. The van der Waals surface area contributed by atoms with Crippen molar-refractivity contribution in [1.82, 2.24) is 10.6 Å². The zero-order chi connectivity index (χ0) is 13.5. The molecule has 0 aliphatic carbocycles. The van der Waals surface area contributed by atoms with E-state index in [1.54, 1.807) is 0 Å². The summed E-state index contributed by atoms with van der Waals surface area (Å²) in [6.45, 7) is 7.46. The van der Waals surface area contributed by atoms with E-state index in [0.717, 1.165) is 19.6 Å². The number of hydrogen-bond donors (Lipinski definition) is 2. The summed E-state index contributed by atoms with van der Waals surface area (Å²) < 4.78 is 0. The molecule has 2 aromatic carbocycles. The maximum atomic E-state index is 3.50. The second kappa shape index (κ2) is 7.27. The van der Waals surface area contributed by atoms with Gasteiger partial charge < -0.3 is 10.6 Å². The monoisotopic (exact) mass is 256 g/mol. The molecule has 0 unspecified atom stereocenters. The molecule has 0 aliphatic rings. The summed E-state index contributed by atoms with van der Waals surface area (Å²) in [5, 5.41) is 9.56. The van der Waals surface area contributed by atoms with Gasteiger partial charge >= 0.3 is 0 Å². The van der Waals surface area contributed by atoms with E-state index in [1.807, 2.05) is 0 Å². The zero-order valence-electron chi connectivity index (χ0n) is 11.9. The lowest BCUT2D eigenvalue weighted by atomic mass is 10.1. The van der Waals surface area contributed by atoms with Crippen LogP contribution in [-0.2, 0) is 6.54 Å². The van der Waals surface area contributed by atoms with E-state index < -0.39 is 0 Å². The number of benzene rings is 2. The molecule has 2 N–H and O–H groups in total. The van der Waals surface area contributed by atoms with Crippen molar-refractivity contribution >= 4 is 10.8 Å². The van der Waals surface area contributed by atoms with Crippen molar-refractivity contribution in [3.8, 4) is 0 Å². The van der Waals surface area contributed by atoms with Crippen LogP contribution in [-0.4, -0.2) is 19.1 Å². The van der Waals surface area contributed by atoms with Crippen LogP contribution in [0, 0.1) is 0 Å². The Morgan fingerprint density at radius 1 is 0.947 bits per heavy atom. The summed E-state index contributed by atoms with van der Waals surface area (Å²) in [5.74, 6) is 0. The highest BCUT2D eigenvalue weighted by Gasteiger charge is 1.96. The smallest absolute Gasteiger partial charge is 0.0205 e. The van der Waals surface area contributed by atoms with E-state index in [2.05, 4.69) is 66.9 Å². The molecule has 0 bridgehead atoms. The van der Waals surface area contributed by atoms with Gasteiger partial charge in [-0.1, -0.05) is 50.2 Å². The first-order valence-corrected chi connectivity index (χ1v) is 7.17. The first kappa shape index (κ1) is 14.0. The van der Waals surface area contributed by atoms with Crippen LogP contribution in [0.3, 0.4) is 0 Å². The highest BCUT2D eigenvalue weighted by atomic mass is 14.9. The molecule has 19 heavy (non-hydrogen) atoms. The van der Waals surface area contributed by atoms with Crippen LogP contribution in [0.2, 0.25) is 0 Å². The van der Waals surface area contributed by atoms with Gasteiger partial charge in [0.2, 0.25) is 0 Å². The molecular weight excluding hydrogens is 232 g/mol. The van der Waals surface area contributed by atoms with Gasteiger partial charge in [-0.15, -0.1) is 0 Å². The van der Waals surface area contributed by atoms with Crippen LogP contribution in [0.1, 0.15) is 25.8 Å². The minimum Gasteiger partial charge on any atom is -0.314 e. The molecule has 0 saturated heterocycles. The Kier molecular flexibility index (Phi) is 5.37. The topological polar surface area (TPSA) is 24.1 Å². The summed E-state index contributed by atoms with van der Waals surface area (Å²) in [5.41, 5.74) is 1.36. The Morgan fingerprint density at radius 2 is 1.74 bits per heavy atom. The Balaban J connectivity index is 1.75. The van der Waals surface area contributed by atoms with E-state index in [4.69, 9.17) is 0 Å². The van der Waals surface area contributed by atoms with Crippen LogP contribution >= 0.6 is 0 Å². The van der Waals surface area contributed by atoms with E-state index >= 15 is 0 Å². The van der Waals surface area contributed by atoms with Gasteiger partial charge in [-0.3, -0.25) is 0 Å². The fraction of sp³-hybridized carbons (Fsp3) is 0.412. The fourth-order valence-electron chi connectivity index (χ4n) is 2.19. The Bertz CT molecular complexity index is 505. The third-order valence-electron chi connectivity index (χ3n) is 3.23. The highest BCUT2D eigenvalue weighted by Crippen LogP contribution is 2.15. The molecule has 0 heterocycles. The van der Waals surface area contributed by atoms with Crippen molar-refractivity contribution < 1.29 is 0 Å². The maximum absolute atomic E-state index is 3.50. The minimum atomic E-state index is 0.584. The lowest BCUT2D eigenvalue weighted by Crippen LogP contribution is -2.26. The normalized spacial score (nSPS) is 11.3. The lowest BCUT2D eigenvalue weighted by Gasteiger charge is -2.09. The first-order chi connectivity index (χ1) is 9.25. The van der Waals surface area contributed by atoms with Gasteiger partial charge in [-0.2, -0.15) is 0 Å². The molecule has 2 nitrogen and oxygen atoms in total. The minimum absolute atomic E-state index is 0.584.